The van der Waals surface area contributed by atoms with Gasteiger partial charge < -0.3 is 30.2 Å². The summed E-state index contributed by atoms with van der Waals surface area (Å²) in [5.41, 5.74) is 3.38. The van der Waals surface area contributed by atoms with Crippen LogP contribution in [0.5, 0.6) is 5.75 Å². The van der Waals surface area contributed by atoms with Crippen LogP contribution in [0, 0.1) is 5.82 Å². The van der Waals surface area contributed by atoms with Crippen molar-refractivity contribution in [1.82, 2.24) is 20.1 Å². The first kappa shape index (κ1) is 30.4. The maximum atomic E-state index is 13.9. The Morgan fingerprint density at radius 1 is 1.09 bits per heavy atom. The van der Waals surface area contributed by atoms with E-state index in [0.717, 1.165) is 22.0 Å². The summed E-state index contributed by atoms with van der Waals surface area (Å²) in [5.74, 6) is -0.433. The average Bonchev–Trinajstić information content (AvgIpc) is 3.43. The van der Waals surface area contributed by atoms with E-state index in [9.17, 15) is 14.0 Å². The number of likely N-dealkylation sites (tertiary alicyclic amines) is 1. The number of halogens is 2. The Hall–Kier alpha value is -4.08. The van der Waals surface area contributed by atoms with Crippen LogP contribution in [0.1, 0.15) is 36.8 Å². The van der Waals surface area contributed by atoms with Crippen LogP contribution in [0.25, 0.3) is 10.9 Å². The highest BCUT2D eigenvalue weighted by atomic mass is 35.5. The van der Waals surface area contributed by atoms with Gasteiger partial charge in [-0.05, 0) is 67.7 Å². The van der Waals surface area contributed by atoms with Crippen molar-refractivity contribution in [2.75, 3.05) is 32.5 Å². The highest BCUT2D eigenvalue weighted by molar-refractivity contribution is 6.33. The molecule has 0 radical (unpaired) electrons. The van der Waals surface area contributed by atoms with Gasteiger partial charge in [0.15, 0.2) is 0 Å². The predicted molar refractivity (Wildman–Crippen MR) is 168 cm³/mol. The summed E-state index contributed by atoms with van der Waals surface area (Å²) >= 11 is 6.49. The summed E-state index contributed by atoms with van der Waals surface area (Å²) in [5, 5.41) is 7.42. The van der Waals surface area contributed by atoms with Crippen LogP contribution in [-0.4, -0.2) is 66.1 Å². The molecule has 2 heterocycles. The number of para-hydroxylation sites is 1. The summed E-state index contributed by atoms with van der Waals surface area (Å²) in [6.07, 6.45) is 3.04. The first-order valence-corrected chi connectivity index (χ1v) is 14.8. The van der Waals surface area contributed by atoms with E-state index < -0.39 is 6.04 Å². The zero-order valence-corrected chi connectivity index (χ0v) is 25.3. The number of aromatic nitrogens is 1. The fraction of sp³-hybridized carbons (Fsp3) is 0.333. The number of carbonyl (C=O) groups is 2. The van der Waals surface area contributed by atoms with Gasteiger partial charge >= 0.3 is 6.03 Å². The van der Waals surface area contributed by atoms with Crippen LogP contribution in [0.4, 0.5) is 14.9 Å². The number of urea groups is 1. The third-order valence-electron chi connectivity index (χ3n) is 7.81. The summed E-state index contributed by atoms with van der Waals surface area (Å²) in [6.45, 7) is 3.55. The molecule has 5 rings (SSSR count). The predicted octanol–water partition coefficient (Wildman–Crippen LogP) is 6.39. The van der Waals surface area contributed by atoms with Crippen molar-refractivity contribution < 1.29 is 18.7 Å². The summed E-state index contributed by atoms with van der Waals surface area (Å²) in [4.78, 5) is 34.5. The third-order valence-corrected chi connectivity index (χ3v) is 8.14. The van der Waals surface area contributed by atoms with Gasteiger partial charge in [-0.3, -0.25) is 4.79 Å². The van der Waals surface area contributed by atoms with Gasteiger partial charge in [0.1, 0.15) is 23.7 Å². The van der Waals surface area contributed by atoms with Crippen molar-refractivity contribution >= 4 is 40.1 Å². The molecule has 10 heteroatoms. The van der Waals surface area contributed by atoms with Crippen molar-refractivity contribution in [2.45, 2.75) is 44.4 Å². The second kappa shape index (κ2) is 13.5. The molecule has 0 saturated carbocycles. The fourth-order valence-corrected chi connectivity index (χ4v) is 5.68. The number of hydrogen-bond acceptors (Lipinski definition) is 4. The second-order valence-corrected chi connectivity index (χ2v) is 11.7. The average molecular weight is 606 g/mol. The van der Waals surface area contributed by atoms with E-state index in [1.807, 2.05) is 68.5 Å². The molecule has 0 spiro atoms. The standard InChI is InChI=1S/C33H37ClFN5O3/c1-21(27-19-36-29-7-5-4-6-26(27)29)31(32(41)37-30-18-22(20-39(2)3)8-13-28(30)34)38-33(42)40-16-14-25(15-17-40)43-24-11-9-23(35)10-12-24/h4-13,18-19,21,25,31,36H,14-17,20H2,1-3H3,(H,37,41)(H,38,42). The van der Waals surface area contributed by atoms with Crippen molar-refractivity contribution in [3.8, 4) is 5.75 Å². The maximum Gasteiger partial charge on any atom is 0.318 e. The molecule has 1 aliphatic rings. The lowest BCUT2D eigenvalue weighted by Crippen LogP contribution is -2.53. The Morgan fingerprint density at radius 3 is 2.53 bits per heavy atom. The molecule has 4 aromatic rings. The molecule has 226 valence electrons. The Labute approximate surface area is 256 Å². The lowest BCUT2D eigenvalue weighted by Gasteiger charge is -2.34. The molecule has 0 aliphatic carbocycles. The molecule has 2 unspecified atom stereocenters. The molecule has 1 aromatic heterocycles. The fourth-order valence-electron chi connectivity index (χ4n) is 5.52. The van der Waals surface area contributed by atoms with Gasteiger partial charge in [0.2, 0.25) is 5.91 Å². The van der Waals surface area contributed by atoms with E-state index in [-0.39, 0.29) is 29.8 Å². The molecule has 8 nitrogen and oxygen atoms in total. The summed E-state index contributed by atoms with van der Waals surface area (Å²) < 4.78 is 19.2. The number of nitrogens with zero attached hydrogens (tertiary/aromatic N) is 2. The van der Waals surface area contributed by atoms with E-state index >= 15 is 0 Å². The quantitative estimate of drug-likeness (QED) is 0.206. The van der Waals surface area contributed by atoms with Gasteiger partial charge in [0.05, 0.1) is 10.7 Å². The number of carbonyl (C=O) groups excluding carboxylic acids is 2. The third kappa shape index (κ3) is 7.47. The number of piperidine rings is 1. The number of benzene rings is 3. The minimum absolute atomic E-state index is 0.0877. The van der Waals surface area contributed by atoms with Crippen LogP contribution in [0.2, 0.25) is 5.02 Å². The SMILES string of the molecule is CC(c1c[nH]c2ccccc12)C(NC(=O)N1CCC(Oc2ccc(F)cc2)CC1)C(=O)Nc1cc(CN(C)C)ccc1Cl. The molecule has 43 heavy (non-hydrogen) atoms. The number of aromatic amines is 1. The molecule has 3 N–H and O–H groups in total. The van der Waals surface area contributed by atoms with Gasteiger partial charge in [0.25, 0.3) is 0 Å². The van der Waals surface area contributed by atoms with E-state index in [0.29, 0.717) is 48.9 Å². The maximum absolute atomic E-state index is 13.9. The number of nitrogens with one attached hydrogen (secondary N) is 3. The Bertz CT molecular complexity index is 1570. The topological polar surface area (TPSA) is 89.7 Å². The van der Waals surface area contributed by atoms with Crippen molar-refractivity contribution in [2.24, 2.45) is 0 Å². The van der Waals surface area contributed by atoms with E-state index in [4.69, 9.17) is 16.3 Å². The van der Waals surface area contributed by atoms with E-state index in [1.54, 1.807) is 23.1 Å². The summed E-state index contributed by atoms with van der Waals surface area (Å²) in [6, 6.07) is 18.2. The smallest absolute Gasteiger partial charge is 0.318 e. The minimum atomic E-state index is -0.881. The number of H-pyrrole nitrogens is 1. The zero-order valence-electron chi connectivity index (χ0n) is 24.6. The molecule has 0 bridgehead atoms. The Morgan fingerprint density at radius 2 is 1.81 bits per heavy atom. The molecule has 1 aliphatic heterocycles. The lowest BCUT2D eigenvalue weighted by atomic mass is 9.92. The van der Waals surface area contributed by atoms with Crippen LogP contribution in [0.3, 0.4) is 0 Å². The molecular weight excluding hydrogens is 569 g/mol. The highest BCUT2D eigenvalue weighted by Gasteiger charge is 2.33. The largest absolute Gasteiger partial charge is 0.490 e. The highest BCUT2D eigenvalue weighted by Crippen LogP contribution is 2.30. The number of rotatable bonds is 9. The van der Waals surface area contributed by atoms with Crippen LogP contribution < -0.4 is 15.4 Å². The number of anilines is 1. The van der Waals surface area contributed by atoms with Crippen LogP contribution in [0.15, 0.2) is 72.9 Å². The lowest BCUT2D eigenvalue weighted by molar-refractivity contribution is -0.118. The Balaban J connectivity index is 1.32. The minimum Gasteiger partial charge on any atom is -0.490 e. The number of fused-ring (bicyclic) bond motifs is 1. The zero-order chi connectivity index (χ0) is 30.5. The van der Waals surface area contributed by atoms with Gasteiger partial charge in [-0.25, -0.2) is 9.18 Å². The molecule has 3 amide bonds. The molecule has 2 atom stereocenters. The summed E-state index contributed by atoms with van der Waals surface area (Å²) in [7, 11) is 3.94. The molecule has 3 aromatic carbocycles. The van der Waals surface area contributed by atoms with Crippen molar-refractivity contribution in [1.29, 1.82) is 0 Å². The second-order valence-electron chi connectivity index (χ2n) is 11.3. The molecular formula is C33H37ClFN5O3. The number of hydrogen-bond donors (Lipinski definition) is 3. The first-order valence-electron chi connectivity index (χ1n) is 14.5. The van der Waals surface area contributed by atoms with Crippen molar-refractivity contribution in [3.05, 3.63) is 94.9 Å². The number of amides is 3. The molecule has 1 fully saturated rings. The van der Waals surface area contributed by atoms with Gasteiger partial charge in [-0.1, -0.05) is 42.8 Å². The number of ether oxygens (including phenoxy) is 1. The van der Waals surface area contributed by atoms with Crippen molar-refractivity contribution in [3.63, 3.8) is 0 Å². The van der Waals surface area contributed by atoms with Gasteiger partial charge in [0, 0.05) is 55.5 Å². The van der Waals surface area contributed by atoms with E-state index in [1.165, 1.54) is 12.1 Å². The van der Waals surface area contributed by atoms with Crippen LogP contribution in [-0.2, 0) is 11.3 Å². The monoisotopic (exact) mass is 605 g/mol. The van der Waals surface area contributed by atoms with Gasteiger partial charge in [-0.15, -0.1) is 0 Å². The van der Waals surface area contributed by atoms with Crippen LogP contribution >= 0.6 is 11.6 Å². The van der Waals surface area contributed by atoms with Gasteiger partial charge in [-0.2, -0.15) is 0 Å². The van der Waals surface area contributed by atoms with E-state index in [2.05, 4.69) is 15.6 Å². The molecule has 1 saturated heterocycles. The first-order chi connectivity index (χ1) is 20.7. The Kier molecular flexibility index (Phi) is 9.52. The normalized spacial score (nSPS) is 15.3.